The number of hydrogen-bond donors (Lipinski definition) is 2. The van der Waals surface area contributed by atoms with Crippen molar-refractivity contribution in [1.29, 1.82) is 0 Å². The van der Waals surface area contributed by atoms with Crippen molar-refractivity contribution in [3.05, 3.63) is 51.2 Å². The molecular formula is C20H26N4S. The molecule has 0 saturated heterocycles. The first-order chi connectivity index (χ1) is 12.3. The maximum atomic E-state index is 6.14. The molecule has 0 spiro atoms. The molecule has 0 fully saturated rings. The maximum Gasteiger partial charge on any atom is 0.193 e. The Kier molecular flexibility index (Phi) is 5.04. The summed E-state index contributed by atoms with van der Waals surface area (Å²) in [5.41, 5.74) is 11.6. The van der Waals surface area contributed by atoms with Gasteiger partial charge in [-0.2, -0.15) is 0 Å². The van der Waals surface area contributed by atoms with Crippen molar-refractivity contribution in [2.75, 3.05) is 25.0 Å². The smallest absolute Gasteiger partial charge is 0.193 e. The van der Waals surface area contributed by atoms with E-state index in [9.17, 15) is 0 Å². The van der Waals surface area contributed by atoms with Gasteiger partial charge >= 0.3 is 0 Å². The highest BCUT2D eigenvalue weighted by atomic mass is 32.1. The van der Waals surface area contributed by atoms with Gasteiger partial charge in [0.15, 0.2) is 5.96 Å². The second kappa shape index (κ2) is 7.58. The number of nitrogens with zero attached hydrogens (tertiary/aromatic N) is 2. The highest BCUT2D eigenvalue weighted by molar-refractivity contribution is 7.10. The number of anilines is 1. The zero-order valence-electron chi connectivity index (χ0n) is 14.6. The number of benzene rings is 1. The number of aliphatic imine (C=N–C) groups is 1. The number of fused-ring (bicyclic) bond motifs is 2. The zero-order chi connectivity index (χ0) is 17.1. The third-order valence-corrected chi connectivity index (χ3v) is 6.27. The van der Waals surface area contributed by atoms with Crippen LogP contribution in [0.3, 0.4) is 0 Å². The van der Waals surface area contributed by atoms with Crippen molar-refractivity contribution >= 4 is 23.0 Å². The summed E-state index contributed by atoms with van der Waals surface area (Å²) in [6.45, 7) is 3.88. The first-order valence-corrected chi connectivity index (χ1v) is 10.1. The van der Waals surface area contributed by atoms with E-state index < -0.39 is 0 Å². The molecule has 2 aromatic rings. The van der Waals surface area contributed by atoms with Crippen molar-refractivity contribution < 1.29 is 0 Å². The number of guanidine groups is 1. The molecule has 1 aliphatic carbocycles. The summed E-state index contributed by atoms with van der Waals surface area (Å²) in [7, 11) is 0. The summed E-state index contributed by atoms with van der Waals surface area (Å²) in [5, 5.41) is 5.53. The summed E-state index contributed by atoms with van der Waals surface area (Å²) in [5.74, 6) is 0.534. The normalized spacial score (nSPS) is 17.8. The largest absolute Gasteiger partial charge is 0.370 e. The summed E-state index contributed by atoms with van der Waals surface area (Å²) < 4.78 is 0. The second-order valence-electron chi connectivity index (χ2n) is 6.94. The molecule has 0 radical (unpaired) electrons. The maximum absolute atomic E-state index is 6.14. The van der Waals surface area contributed by atoms with Crippen molar-refractivity contribution in [3.8, 4) is 0 Å². The fourth-order valence-corrected chi connectivity index (χ4v) is 4.78. The zero-order valence-corrected chi connectivity index (χ0v) is 15.4. The lowest BCUT2D eigenvalue weighted by molar-refractivity contribution is 0.264. The van der Waals surface area contributed by atoms with Crippen molar-refractivity contribution in [2.45, 2.75) is 38.6 Å². The Morgan fingerprint density at radius 1 is 1.16 bits per heavy atom. The molecule has 4 rings (SSSR count). The number of thiophene rings is 1. The van der Waals surface area contributed by atoms with E-state index in [1.54, 1.807) is 4.88 Å². The Bertz CT molecular complexity index is 765. The van der Waals surface area contributed by atoms with Crippen molar-refractivity contribution in [3.63, 3.8) is 0 Å². The molecule has 2 aliphatic rings. The van der Waals surface area contributed by atoms with Gasteiger partial charge in [0, 0.05) is 30.2 Å². The van der Waals surface area contributed by atoms with Gasteiger partial charge in [0.25, 0.3) is 0 Å². The van der Waals surface area contributed by atoms with Crippen LogP contribution in [-0.2, 0) is 25.8 Å². The van der Waals surface area contributed by atoms with E-state index in [2.05, 4.69) is 44.9 Å². The number of rotatable bonds is 4. The lowest BCUT2D eigenvalue weighted by atomic mass is 9.90. The van der Waals surface area contributed by atoms with Crippen LogP contribution in [0.4, 0.5) is 5.69 Å². The summed E-state index contributed by atoms with van der Waals surface area (Å²) in [4.78, 5) is 8.57. The second-order valence-corrected chi connectivity index (χ2v) is 7.94. The minimum atomic E-state index is 0.534. The van der Waals surface area contributed by atoms with E-state index in [-0.39, 0.29) is 0 Å². The third kappa shape index (κ3) is 3.88. The first kappa shape index (κ1) is 16.6. The van der Waals surface area contributed by atoms with Gasteiger partial charge in [-0.05, 0) is 66.3 Å². The van der Waals surface area contributed by atoms with Crippen LogP contribution in [0.5, 0.6) is 0 Å². The van der Waals surface area contributed by atoms with Crippen LogP contribution in [0, 0.1) is 0 Å². The third-order valence-electron chi connectivity index (χ3n) is 5.24. The lowest BCUT2D eigenvalue weighted by Crippen LogP contribution is -2.32. The molecular weight excluding hydrogens is 328 g/mol. The molecule has 0 atom stereocenters. The molecule has 25 heavy (non-hydrogen) atoms. The predicted octanol–water partition coefficient (Wildman–Crippen LogP) is 3.41. The topological polar surface area (TPSA) is 53.6 Å². The van der Waals surface area contributed by atoms with Crippen LogP contribution < -0.4 is 11.1 Å². The van der Waals surface area contributed by atoms with Crippen LogP contribution in [0.1, 0.15) is 34.4 Å². The molecule has 1 aromatic carbocycles. The number of aryl methyl sites for hydroxylation is 1. The molecule has 2 heterocycles. The van der Waals surface area contributed by atoms with Gasteiger partial charge in [-0.3, -0.25) is 9.89 Å². The van der Waals surface area contributed by atoms with Crippen LogP contribution in [0.25, 0.3) is 0 Å². The van der Waals surface area contributed by atoms with E-state index in [4.69, 9.17) is 5.73 Å². The minimum Gasteiger partial charge on any atom is -0.370 e. The molecule has 5 heteroatoms. The van der Waals surface area contributed by atoms with Gasteiger partial charge in [-0.1, -0.05) is 12.1 Å². The highest BCUT2D eigenvalue weighted by Gasteiger charge is 2.16. The summed E-state index contributed by atoms with van der Waals surface area (Å²) in [6, 6.07) is 8.73. The van der Waals surface area contributed by atoms with E-state index in [0.717, 1.165) is 38.3 Å². The van der Waals surface area contributed by atoms with Gasteiger partial charge in [0.05, 0.1) is 6.54 Å². The highest BCUT2D eigenvalue weighted by Crippen LogP contribution is 2.27. The molecule has 3 N–H and O–H groups in total. The molecule has 0 unspecified atom stereocenters. The Morgan fingerprint density at radius 3 is 3.04 bits per heavy atom. The van der Waals surface area contributed by atoms with Gasteiger partial charge in [-0.15, -0.1) is 11.3 Å². The van der Waals surface area contributed by atoms with E-state index in [1.165, 1.54) is 42.4 Å². The molecule has 132 valence electrons. The SMILES string of the molecule is NC(=NCCN1CCc2sccc2C1)Nc1cccc2c1CCCC2. The monoisotopic (exact) mass is 354 g/mol. The fourth-order valence-electron chi connectivity index (χ4n) is 3.89. The van der Waals surface area contributed by atoms with Gasteiger partial charge in [0.1, 0.15) is 0 Å². The van der Waals surface area contributed by atoms with Crippen LogP contribution in [0.2, 0.25) is 0 Å². The quantitative estimate of drug-likeness (QED) is 0.653. The van der Waals surface area contributed by atoms with Crippen LogP contribution >= 0.6 is 11.3 Å². The number of nitrogens with two attached hydrogens (primary N) is 1. The number of hydrogen-bond acceptors (Lipinski definition) is 3. The average Bonchev–Trinajstić information content (AvgIpc) is 3.10. The fraction of sp³-hybridized carbons (Fsp3) is 0.450. The molecule has 0 saturated carbocycles. The minimum absolute atomic E-state index is 0.534. The molecule has 0 amide bonds. The summed E-state index contributed by atoms with van der Waals surface area (Å²) in [6.07, 6.45) is 6.05. The average molecular weight is 355 g/mol. The van der Waals surface area contributed by atoms with E-state index in [0.29, 0.717) is 5.96 Å². The molecule has 4 nitrogen and oxygen atoms in total. The van der Waals surface area contributed by atoms with Crippen molar-refractivity contribution in [1.82, 2.24) is 4.90 Å². The molecule has 1 aromatic heterocycles. The molecule has 0 bridgehead atoms. The number of nitrogens with one attached hydrogen (secondary N) is 1. The standard InChI is InChI=1S/C20H26N4S/c21-20(23-18-7-3-5-15-4-1-2-6-17(15)18)22-10-12-24-11-8-19-16(14-24)9-13-25-19/h3,5,7,9,13H,1-2,4,6,8,10-12,14H2,(H3,21,22,23). The van der Waals surface area contributed by atoms with Crippen LogP contribution in [0.15, 0.2) is 34.6 Å². The Morgan fingerprint density at radius 2 is 2.08 bits per heavy atom. The molecule has 1 aliphatic heterocycles. The Labute approximate surface area is 153 Å². The Hall–Kier alpha value is -1.85. The van der Waals surface area contributed by atoms with Crippen molar-refractivity contribution in [2.24, 2.45) is 10.7 Å². The van der Waals surface area contributed by atoms with Gasteiger partial charge in [-0.25, -0.2) is 0 Å². The predicted molar refractivity (Wildman–Crippen MR) is 106 cm³/mol. The lowest BCUT2D eigenvalue weighted by Gasteiger charge is -2.26. The van der Waals surface area contributed by atoms with Gasteiger partial charge < -0.3 is 11.1 Å². The van der Waals surface area contributed by atoms with Crippen LogP contribution in [-0.4, -0.2) is 30.5 Å². The van der Waals surface area contributed by atoms with E-state index >= 15 is 0 Å². The van der Waals surface area contributed by atoms with Gasteiger partial charge in [0.2, 0.25) is 0 Å². The Balaban J connectivity index is 1.32. The summed E-state index contributed by atoms with van der Waals surface area (Å²) >= 11 is 1.88. The van der Waals surface area contributed by atoms with E-state index in [1.807, 2.05) is 11.3 Å². The first-order valence-electron chi connectivity index (χ1n) is 9.25.